The lowest BCUT2D eigenvalue weighted by molar-refractivity contribution is -0.138. The van der Waals surface area contributed by atoms with E-state index in [0.717, 1.165) is 0 Å². The number of H-pyrrole nitrogens is 1. The molecule has 0 amide bonds. The van der Waals surface area contributed by atoms with Gasteiger partial charge in [0.15, 0.2) is 0 Å². The smallest absolute Gasteiger partial charge is 0.361 e. The van der Waals surface area contributed by atoms with Gasteiger partial charge < -0.3 is 15.4 Å². The van der Waals surface area contributed by atoms with Crippen LogP contribution in [-0.2, 0) is 11.2 Å². The van der Waals surface area contributed by atoms with Crippen LogP contribution in [0.5, 0.6) is 0 Å². The predicted molar refractivity (Wildman–Crippen MR) is 69.1 cm³/mol. The Bertz CT molecular complexity index is 644. The molecule has 100 valence electrons. The van der Waals surface area contributed by atoms with Crippen molar-refractivity contribution >= 4 is 17.6 Å². The standard InChI is InChI=1S/C12H11ClN2O4/c13-7-3-1-6(2-4-7)10-8(12(18)19-15-10)5-9(14)11(16)17/h1-4,9,15H,5,14H2,(H,16,17). The molecule has 0 saturated carbocycles. The Kier molecular flexibility index (Phi) is 3.73. The fourth-order valence-electron chi connectivity index (χ4n) is 1.66. The van der Waals surface area contributed by atoms with E-state index in [9.17, 15) is 9.59 Å². The Morgan fingerprint density at radius 2 is 2.05 bits per heavy atom. The maximum absolute atomic E-state index is 11.6. The molecule has 7 heteroatoms. The number of hydrogen-bond donors (Lipinski definition) is 3. The van der Waals surface area contributed by atoms with E-state index in [4.69, 9.17) is 27.0 Å². The van der Waals surface area contributed by atoms with Crippen molar-refractivity contribution in [2.24, 2.45) is 5.73 Å². The Labute approximate surface area is 112 Å². The van der Waals surface area contributed by atoms with Gasteiger partial charge in [-0.1, -0.05) is 23.7 Å². The highest BCUT2D eigenvalue weighted by Gasteiger charge is 2.20. The number of benzene rings is 1. The number of aromatic amines is 1. The molecule has 6 nitrogen and oxygen atoms in total. The van der Waals surface area contributed by atoms with Crippen molar-refractivity contribution in [3.63, 3.8) is 0 Å². The summed E-state index contributed by atoms with van der Waals surface area (Å²) in [5, 5.41) is 11.8. The van der Waals surface area contributed by atoms with Crippen LogP contribution in [0.2, 0.25) is 5.02 Å². The number of hydrogen-bond acceptors (Lipinski definition) is 4. The van der Waals surface area contributed by atoms with Gasteiger partial charge in [0.2, 0.25) is 0 Å². The molecular weight excluding hydrogens is 272 g/mol. The van der Waals surface area contributed by atoms with Crippen molar-refractivity contribution in [1.29, 1.82) is 0 Å². The SMILES string of the molecule is NC(Cc1c(-c2ccc(Cl)cc2)[nH]oc1=O)C(=O)O. The predicted octanol–water partition coefficient (Wildman–Crippen LogP) is 1.24. The van der Waals surface area contributed by atoms with E-state index in [1.807, 2.05) is 0 Å². The normalized spacial score (nSPS) is 12.3. The van der Waals surface area contributed by atoms with Gasteiger partial charge in [0.1, 0.15) is 6.04 Å². The van der Waals surface area contributed by atoms with Crippen molar-refractivity contribution in [3.05, 3.63) is 45.3 Å². The average molecular weight is 283 g/mol. The van der Waals surface area contributed by atoms with E-state index < -0.39 is 17.6 Å². The molecule has 0 aliphatic rings. The van der Waals surface area contributed by atoms with Crippen LogP contribution in [-0.4, -0.2) is 22.3 Å². The van der Waals surface area contributed by atoms with E-state index in [2.05, 4.69) is 5.16 Å². The van der Waals surface area contributed by atoms with E-state index in [-0.39, 0.29) is 12.0 Å². The minimum atomic E-state index is -1.18. The number of rotatable bonds is 4. The molecule has 1 unspecified atom stereocenters. The molecule has 0 spiro atoms. The Morgan fingerprint density at radius 3 is 2.63 bits per heavy atom. The first-order valence-corrected chi connectivity index (χ1v) is 5.81. The molecule has 1 atom stereocenters. The van der Waals surface area contributed by atoms with Gasteiger partial charge in [-0.3, -0.25) is 4.79 Å². The average Bonchev–Trinajstić information content (AvgIpc) is 2.72. The monoisotopic (exact) mass is 282 g/mol. The molecule has 1 aromatic carbocycles. The molecule has 0 bridgehead atoms. The van der Waals surface area contributed by atoms with Crippen LogP contribution >= 0.6 is 11.6 Å². The second kappa shape index (κ2) is 5.29. The number of carboxylic acid groups (broad SMARTS) is 1. The maximum Gasteiger partial charge on any atom is 0.361 e. The van der Waals surface area contributed by atoms with Gasteiger partial charge >= 0.3 is 11.6 Å². The van der Waals surface area contributed by atoms with Crippen LogP contribution in [0, 0.1) is 0 Å². The molecule has 0 aliphatic heterocycles. The Hall–Kier alpha value is -2.05. The van der Waals surface area contributed by atoms with Gasteiger partial charge in [0, 0.05) is 17.0 Å². The number of aromatic nitrogens is 1. The van der Waals surface area contributed by atoms with Gasteiger partial charge in [-0.25, -0.2) is 9.95 Å². The van der Waals surface area contributed by atoms with Crippen LogP contribution < -0.4 is 11.4 Å². The molecule has 0 fully saturated rings. The number of nitrogens with two attached hydrogens (primary N) is 1. The largest absolute Gasteiger partial charge is 0.480 e. The van der Waals surface area contributed by atoms with E-state index >= 15 is 0 Å². The summed E-state index contributed by atoms with van der Waals surface area (Å²) in [6, 6.07) is 5.54. The van der Waals surface area contributed by atoms with Gasteiger partial charge in [-0.2, -0.15) is 0 Å². The number of halogens is 1. The van der Waals surface area contributed by atoms with Crippen LogP contribution in [0.25, 0.3) is 11.3 Å². The first-order valence-electron chi connectivity index (χ1n) is 5.43. The van der Waals surface area contributed by atoms with E-state index in [1.54, 1.807) is 24.3 Å². The summed E-state index contributed by atoms with van der Waals surface area (Å²) in [6.07, 6.45) is -0.112. The van der Waals surface area contributed by atoms with Crippen LogP contribution in [0.3, 0.4) is 0 Å². The first kappa shape index (κ1) is 13.4. The molecule has 2 aromatic rings. The minimum absolute atomic E-state index is 0.112. The molecule has 0 radical (unpaired) electrons. The van der Waals surface area contributed by atoms with Crippen LogP contribution in [0.4, 0.5) is 0 Å². The third-order valence-corrected chi connectivity index (χ3v) is 2.92. The molecule has 19 heavy (non-hydrogen) atoms. The lowest BCUT2D eigenvalue weighted by Crippen LogP contribution is -2.33. The summed E-state index contributed by atoms with van der Waals surface area (Å²) < 4.78 is 4.70. The van der Waals surface area contributed by atoms with Gasteiger partial charge in [-0.15, -0.1) is 0 Å². The highest BCUT2D eigenvalue weighted by atomic mass is 35.5. The van der Waals surface area contributed by atoms with Crippen molar-refractivity contribution < 1.29 is 14.4 Å². The number of carboxylic acids is 1. The number of carbonyl (C=O) groups is 1. The fraction of sp³-hybridized carbons (Fsp3) is 0.167. The van der Waals surface area contributed by atoms with Crippen molar-refractivity contribution in [2.45, 2.75) is 12.5 Å². The molecule has 4 N–H and O–H groups in total. The van der Waals surface area contributed by atoms with E-state index in [0.29, 0.717) is 16.3 Å². The first-order chi connectivity index (χ1) is 8.99. The van der Waals surface area contributed by atoms with Crippen molar-refractivity contribution in [1.82, 2.24) is 5.16 Å². The van der Waals surface area contributed by atoms with Crippen LogP contribution in [0.15, 0.2) is 33.6 Å². The van der Waals surface area contributed by atoms with E-state index in [1.165, 1.54) is 0 Å². The summed E-state index contributed by atoms with van der Waals surface area (Å²) in [7, 11) is 0. The molecule has 0 aliphatic carbocycles. The Balaban J connectivity index is 2.40. The fourth-order valence-corrected chi connectivity index (χ4v) is 1.79. The van der Waals surface area contributed by atoms with Gasteiger partial charge in [0.25, 0.3) is 0 Å². The maximum atomic E-state index is 11.6. The Morgan fingerprint density at radius 1 is 1.42 bits per heavy atom. The third kappa shape index (κ3) is 2.86. The number of nitrogens with one attached hydrogen (secondary N) is 1. The summed E-state index contributed by atoms with van der Waals surface area (Å²) in [5.74, 6) is -1.18. The van der Waals surface area contributed by atoms with Gasteiger partial charge in [0.05, 0.1) is 11.3 Å². The quantitative estimate of drug-likeness (QED) is 0.781. The van der Waals surface area contributed by atoms with Gasteiger partial charge in [-0.05, 0) is 12.1 Å². The van der Waals surface area contributed by atoms with Crippen molar-refractivity contribution in [3.8, 4) is 11.3 Å². The zero-order chi connectivity index (χ0) is 14.0. The highest BCUT2D eigenvalue weighted by Crippen LogP contribution is 2.22. The second-order valence-corrected chi connectivity index (χ2v) is 4.44. The topological polar surface area (TPSA) is 109 Å². The lowest BCUT2D eigenvalue weighted by atomic mass is 10.0. The minimum Gasteiger partial charge on any atom is -0.480 e. The summed E-state index contributed by atoms with van der Waals surface area (Å²) >= 11 is 5.78. The summed E-state index contributed by atoms with van der Waals surface area (Å²) in [6.45, 7) is 0. The zero-order valence-electron chi connectivity index (χ0n) is 9.72. The second-order valence-electron chi connectivity index (χ2n) is 4.00. The molecule has 1 aromatic heterocycles. The summed E-state index contributed by atoms with van der Waals surface area (Å²) in [5.41, 5.74) is 6.10. The van der Waals surface area contributed by atoms with Crippen LogP contribution in [0.1, 0.15) is 5.56 Å². The summed E-state index contributed by atoms with van der Waals surface area (Å²) in [4.78, 5) is 22.3. The molecule has 2 rings (SSSR count). The van der Waals surface area contributed by atoms with Crippen molar-refractivity contribution in [2.75, 3.05) is 0 Å². The molecular formula is C12H11ClN2O4. The molecule has 1 heterocycles. The lowest BCUT2D eigenvalue weighted by Gasteiger charge is -2.05. The third-order valence-electron chi connectivity index (χ3n) is 2.67. The zero-order valence-corrected chi connectivity index (χ0v) is 10.5. The highest BCUT2D eigenvalue weighted by molar-refractivity contribution is 6.30. The molecule has 0 saturated heterocycles. The number of aliphatic carboxylic acids is 1.